The molecule has 0 N–H and O–H groups in total. The summed E-state index contributed by atoms with van der Waals surface area (Å²) in [5.74, 6) is -2.05. The highest BCUT2D eigenvalue weighted by molar-refractivity contribution is 9.10. The summed E-state index contributed by atoms with van der Waals surface area (Å²) in [6, 6.07) is 8.13. The second kappa shape index (κ2) is 5.24. The van der Waals surface area contributed by atoms with E-state index in [0.717, 1.165) is 12.1 Å². The molecule has 2 aromatic carbocycles. The zero-order valence-electron chi connectivity index (χ0n) is 11.0. The molecule has 3 rings (SSSR count). The Morgan fingerprint density at radius 2 is 1.73 bits per heavy atom. The summed E-state index contributed by atoms with van der Waals surface area (Å²) < 4.78 is 65.7. The highest BCUT2D eigenvalue weighted by Gasteiger charge is 2.69. The summed E-state index contributed by atoms with van der Waals surface area (Å²) in [5, 5.41) is 0. The first kappa shape index (κ1) is 15.3. The number of benzene rings is 2. The molecule has 1 fully saturated rings. The quantitative estimate of drug-likeness (QED) is 0.573. The van der Waals surface area contributed by atoms with Crippen LogP contribution in [0.15, 0.2) is 46.9 Å². The standard InChI is InChI=1S/C15H9BrF4O2/c16-9-1-4-11(5-2-9)22-15(19,20)14(8-21-14)12-6-3-10(17)7-13(12)18/h1-7H,8H2. The summed E-state index contributed by atoms with van der Waals surface area (Å²) in [7, 11) is 0. The van der Waals surface area contributed by atoms with E-state index in [1.807, 2.05) is 0 Å². The zero-order chi connectivity index (χ0) is 16.0. The molecule has 0 radical (unpaired) electrons. The van der Waals surface area contributed by atoms with E-state index in [4.69, 9.17) is 4.74 Å². The van der Waals surface area contributed by atoms with Crippen molar-refractivity contribution in [1.29, 1.82) is 0 Å². The average molecular weight is 377 g/mol. The van der Waals surface area contributed by atoms with Crippen molar-refractivity contribution in [2.75, 3.05) is 6.61 Å². The molecule has 2 aromatic rings. The third kappa shape index (κ3) is 2.59. The van der Waals surface area contributed by atoms with Crippen LogP contribution in [0.25, 0.3) is 0 Å². The number of halogens is 5. The van der Waals surface area contributed by atoms with Gasteiger partial charge in [0.05, 0.1) is 6.61 Å². The lowest BCUT2D eigenvalue weighted by atomic mass is 9.98. The SMILES string of the molecule is Fc1ccc(C2(C(F)(F)Oc3ccc(Br)cc3)CO2)c(F)c1. The molecule has 0 saturated carbocycles. The smallest absolute Gasteiger partial charge is 0.430 e. The maximum Gasteiger partial charge on any atom is 0.434 e. The fraction of sp³-hybridized carbons (Fsp3) is 0.200. The number of alkyl halides is 2. The highest BCUT2D eigenvalue weighted by atomic mass is 79.9. The van der Waals surface area contributed by atoms with Crippen molar-refractivity contribution in [3.63, 3.8) is 0 Å². The van der Waals surface area contributed by atoms with Crippen LogP contribution in [-0.4, -0.2) is 12.7 Å². The fourth-order valence-corrected chi connectivity index (χ4v) is 2.37. The Kier molecular flexibility index (Phi) is 3.65. The monoisotopic (exact) mass is 376 g/mol. The summed E-state index contributed by atoms with van der Waals surface area (Å²) >= 11 is 3.18. The van der Waals surface area contributed by atoms with Gasteiger partial charge in [0.25, 0.3) is 0 Å². The molecule has 1 unspecified atom stereocenters. The van der Waals surface area contributed by atoms with Gasteiger partial charge in [-0.3, -0.25) is 0 Å². The molecule has 1 heterocycles. The van der Waals surface area contributed by atoms with Crippen LogP contribution in [0, 0.1) is 11.6 Å². The van der Waals surface area contributed by atoms with Gasteiger partial charge in [0.1, 0.15) is 17.4 Å². The molecule has 0 aromatic heterocycles. The molecule has 0 amide bonds. The van der Waals surface area contributed by atoms with Gasteiger partial charge in [-0.15, -0.1) is 0 Å². The van der Waals surface area contributed by atoms with E-state index in [9.17, 15) is 17.6 Å². The normalized spacial score (nSPS) is 20.8. The van der Waals surface area contributed by atoms with Gasteiger partial charge >= 0.3 is 6.11 Å². The van der Waals surface area contributed by atoms with Gasteiger partial charge in [0.15, 0.2) is 0 Å². The molecule has 22 heavy (non-hydrogen) atoms. The van der Waals surface area contributed by atoms with Crippen LogP contribution >= 0.6 is 15.9 Å². The molecule has 2 nitrogen and oxygen atoms in total. The van der Waals surface area contributed by atoms with Crippen LogP contribution in [0.1, 0.15) is 5.56 Å². The van der Waals surface area contributed by atoms with E-state index < -0.39 is 35.5 Å². The second-order valence-electron chi connectivity index (χ2n) is 4.81. The first-order valence-electron chi connectivity index (χ1n) is 6.26. The third-order valence-electron chi connectivity index (χ3n) is 3.33. The van der Waals surface area contributed by atoms with Crippen LogP contribution < -0.4 is 4.74 Å². The summed E-state index contributed by atoms with van der Waals surface area (Å²) in [6.45, 7) is -0.418. The third-order valence-corrected chi connectivity index (χ3v) is 3.86. The maximum atomic E-state index is 14.4. The molecule has 1 aliphatic rings. The molecular weight excluding hydrogens is 368 g/mol. The van der Waals surface area contributed by atoms with Crippen LogP contribution in [0.2, 0.25) is 0 Å². The van der Waals surface area contributed by atoms with Gasteiger partial charge < -0.3 is 9.47 Å². The minimum absolute atomic E-state index is 0.0920. The lowest BCUT2D eigenvalue weighted by Gasteiger charge is -2.25. The van der Waals surface area contributed by atoms with Crippen molar-refractivity contribution in [2.24, 2.45) is 0 Å². The molecule has 7 heteroatoms. The lowest BCUT2D eigenvalue weighted by molar-refractivity contribution is -0.227. The van der Waals surface area contributed by atoms with Gasteiger partial charge in [0.2, 0.25) is 5.60 Å². The summed E-state index contributed by atoms with van der Waals surface area (Å²) in [6.07, 6.45) is -3.81. The van der Waals surface area contributed by atoms with Crippen molar-refractivity contribution in [3.05, 3.63) is 64.1 Å². The Morgan fingerprint density at radius 3 is 2.27 bits per heavy atom. The molecule has 1 saturated heterocycles. The Balaban J connectivity index is 1.91. The van der Waals surface area contributed by atoms with Gasteiger partial charge in [0, 0.05) is 16.1 Å². The van der Waals surface area contributed by atoms with Crippen molar-refractivity contribution in [1.82, 2.24) is 0 Å². The number of epoxide rings is 1. The van der Waals surface area contributed by atoms with Gasteiger partial charge in [-0.05, 0) is 36.4 Å². The second-order valence-corrected chi connectivity index (χ2v) is 5.73. The Morgan fingerprint density at radius 1 is 1.09 bits per heavy atom. The Labute approximate surface area is 131 Å². The van der Waals surface area contributed by atoms with E-state index in [1.54, 1.807) is 0 Å². The van der Waals surface area contributed by atoms with Gasteiger partial charge in [-0.25, -0.2) is 8.78 Å². The van der Waals surface area contributed by atoms with Crippen molar-refractivity contribution in [3.8, 4) is 5.75 Å². The number of hydrogen-bond donors (Lipinski definition) is 0. The molecule has 1 atom stereocenters. The summed E-state index contributed by atoms with van der Waals surface area (Å²) in [4.78, 5) is 0. The number of rotatable bonds is 4. The first-order valence-corrected chi connectivity index (χ1v) is 7.05. The Bertz CT molecular complexity index is 699. The highest BCUT2D eigenvalue weighted by Crippen LogP contribution is 2.52. The van der Waals surface area contributed by atoms with Gasteiger partial charge in [-0.2, -0.15) is 8.78 Å². The zero-order valence-corrected chi connectivity index (χ0v) is 12.5. The molecule has 0 bridgehead atoms. The van der Waals surface area contributed by atoms with Crippen molar-refractivity contribution < 1.29 is 27.0 Å². The minimum atomic E-state index is -3.81. The Hall–Kier alpha value is -1.60. The van der Waals surface area contributed by atoms with E-state index in [0.29, 0.717) is 10.5 Å². The van der Waals surface area contributed by atoms with E-state index in [2.05, 4.69) is 20.7 Å². The number of ether oxygens (including phenoxy) is 2. The fourth-order valence-electron chi connectivity index (χ4n) is 2.10. The van der Waals surface area contributed by atoms with Crippen LogP contribution in [-0.2, 0) is 10.3 Å². The molecular formula is C15H9BrF4O2. The van der Waals surface area contributed by atoms with Crippen LogP contribution in [0.5, 0.6) is 5.75 Å². The predicted molar refractivity (Wildman–Crippen MR) is 73.7 cm³/mol. The van der Waals surface area contributed by atoms with Crippen molar-refractivity contribution in [2.45, 2.75) is 11.7 Å². The lowest BCUT2D eigenvalue weighted by Crippen LogP contribution is -2.41. The van der Waals surface area contributed by atoms with E-state index in [1.165, 1.54) is 24.3 Å². The summed E-state index contributed by atoms with van der Waals surface area (Å²) in [5.41, 5.74) is -2.67. The van der Waals surface area contributed by atoms with E-state index >= 15 is 0 Å². The van der Waals surface area contributed by atoms with E-state index in [-0.39, 0.29) is 5.75 Å². The maximum absolute atomic E-state index is 14.4. The van der Waals surface area contributed by atoms with Crippen LogP contribution in [0.4, 0.5) is 17.6 Å². The predicted octanol–water partition coefficient (Wildman–Crippen LogP) is 4.62. The topological polar surface area (TPSA) is 21.8 Å². The molecule has 0 spiro atoms. The van der Waals surface area contributed by atoms with Crippen LogP contribution in [0.3, 0.4) is 0 Å². The number of hydrogen-bond acceptors (Lipinski definition) is 2. The van der Waals surface area contributed by atoms with Gasteiger partial charge in [-0.1, -0.05) is 15.9 Å². The molecule has 0 aliphatic carbocycles. The van der Waals surface area contributed by atoms with Crippen molar-refractivity contribution >= 4 is 15.9 Å². The first-order chi connectivity index (χ1) is 10.3. The molecule has 116 valence electrons. The largest absolute Gasteiger partial charge is 0.434 e. The minimum Gasteiger partial charge on any atom is -0.430 e. The molecule has 1 aliphatic heterocycles. The average Bonchev–Trinajstić information content (AvgIpc) is 3.23.